The molecule has 0 radical (unpaired) electrons. The summed E-state index contributed by atoms with van der Waals surface area (Å²) in [6.07, 6.45) is 0.933. The fourth-order valence-electron chi connectivity index (χ4n) is 2.30. The molecule has 0 atom stereocenters. The first-order chi connectivity index (χ1) is 9.40. The number of rotatable bonds is 5. The van der Waals surface area contributed by atoms with E-state index in [1.165, 1.54) is 5.56 Å². The van der Waals surface area contributed by atoms with Crippen molar-refractivity contribution in [3.63, 3.8) is 0 Å². The van der Waals surface area contributed by atoms with Gasteiger partial charge in [-0.1, -0.05) is 50.9 Å². The van der Waals surface area contributed by atoms with Crippen molar-refractivity contribution in [3.8, 4) is 0 Å². The van der Waals surface area contributed by atoms with Crippen LogP contribution in [0.3, 0.4) is 0 Å². The number of benzene rings is 1. The first-order valence-electron chi connectivity index (χ1n) is 7.01. The second-order valence-corrected chi connectivity index (χ2v) is 6.69. The molecule has 0 amide bonds. The smallest absolute Gasteiger partial charge is 0.154 e. The van der Waals surface area contributed by atoms with Gasteiger partial charge in [0.2, 0.25) is 0 Å². The topological polar surface area (TPSA) is 25.2 Å². The minimum absolute atomic E-state index is 0.404. The van der Waals surface area contributed by atoms with E-state index in [-0.39, 0.29) is 0 Å². The molecule has 1 N–H and O–H groups in total. The highest BCUT2D eigenvalue weighted by Crippen LogP contribution is 2.37. The van der Waals surface area contributed by atoms with Crippen molar-refractivity contribution in [1.82, 2.24) is 5.32 Å². The van der Waals surface area contributed by atoms with Crippen molar-refractivity contribution < 1.29 is 4.42 Å². The van der Waals surface area contributed by atoms with Crippen molar-refractivity contribution in [2.45, 2.75) is 46.7 Å². The van der Waals surface area contributed by atoms with Gasteiger partial charge in [0.1, 0.15) is 5.76 Å². The summed E-state index contributed by atoms with van der Waals surface area (Å²) in [5.41, 5.74) is 1.88. The highest BCUT2D eigenvalue weighted by atomic mass is 35.5. The van der Waals surface area contributed by atoms with Crippen LogP contribution in [0.1, 0.15) is 39.0 Å². The summed E-state index contributed by atoms with van der Waals surface area (Å²) in [5, 5.41) is 5.69. The van der Waals surface area contributed by atoms with Crippen LogP contribution in [0.2, 0.25) is 10.0 Å². The Morgan fingerprint density at radius 3 is 2.35 bits per heavy atom. The van der Waals surface area contributed by atoms with Crippen LogP contribution < -0.4 is 5.32 Å². The van der Waals surface area contributed by atoms with E-state index >= 15 is 0 Å². The average Bonchev–Trinajstić information content (AvgIpc) is 2.71. The Labute approximate surface area is 130 Å². The molecule has 0 saturated carbocycles. The Kier molecular flexibility index (Phi) is 5.00. The highest BCUT2D eigenvalue weighted by molar-refractivity contribution is 6.40. The van der Waals surface area contributed by atoms with Crippen LogP contribution in [0.5, 0.6) is 0 Å². The van der Waals surface area contributed by atoms with Gasteiger partial charge in [-0.25, -0.2) is 0 Å². The quantitative estimate of drug-likeness (QED) is 0.795. The second-order valence-electron chi connectivity index (χ2n) is 5.87. The summed E-state index contributed by atoms with van der Waals surface area (Å²) in [6, 6.07) is 4.03. The maximum atomic E-state index is 6.35. The third kappa shape index (κ3) is 3.30. The van der Waals surface area contributed by atoms with Gasteiger partial charge >= 0.3 is 0 Å². The predicted octanol–water partition coefficient (Wildman–Crippen LogP) is 5.44. The number of halogens is 2. The zero-order chi connectivity index (χ0) is 14.9. The van der Waals surface area contributed by atoms with E-state index < -0.39 is 0 Å². The Morgan fingerprint density at radius 2 is 1.75 bits per heavy atom. The van der Waals surface area contributed by atoms with Gasteiger partial charge in [-0.15, -0.1) is 0 Å². The second kappa shape index (κ2) is 6.38. The summed E-state index contributed by atoms with van der Waals surface area (Å²) in [5.74, 6) is 1.47. The van der Waals surface area contributed by atoms with Crippen LogP contribution in [-0.4, -0.2) is 6.04 Å². The SMILES string of the molecule is CC(C)Cc1c(CNC(C)C)oc2c(Cl)ccc(Cl)c12. The van der Waals surface area contributed by atoms with E-state index in [0.29, 0.717) is 34.1 Å². The molecule has 0 aliphatic rings. The number of hydrogen-bond donors (Lipinski definition) is 1. The van der Waals surface area contributed by atoms with Crippen LogP contribution >= 0.6 is 23.2 Å². The molecule has 4 heteroatoms. The molecule has 2 aromatic rings. The first-order valence-corrected chi connectivity index (χ1v) is 7.77. The minimum Gasteiger partial charge on any atom is -0.458 e. The molecule has 2 rings (SSSR count). The van der Waals surface area contributed by atoms with Crippen LogP contribution in [0.25, 0.3) is 11.0 Å². The lowest BCUT2D eigenvalue weighted by molar-refractivity contribution is 0.478. The van der Waals surface area contributed by atoms with Crippen molar-refractivity contribution in [2.75, 3.05) is 0 Å². The van der Waals surface area contributed by atoms with Gasteiger partial charge in [0.25, 0.3) is 0 Å². The van der Waals surface area contributed by atoms with E-state index in [2.05, 4.69) is 33.0 Å². The van der Waals surface area contributed by atoms with Gasteiger partial charge in [-0.3, -0.25) is 0 Å². The Hall–Kier alpha value is -0.700. The maximum Gasteiger partial charge on any atom is 0.154 e. The molecule has 1 aromatic carbocycles. The summed E-state index contributed by atoms with van der Waals surface area (Å²) in [4.78, 5) is 0. The van der Waals surface area contributed by atoms with E-state index in [0.717, 1.165) is 17.6 Å². The molecule has 0 aliphatic carbocycles. The summed E-state index contributed by atoms with van der Waals surface area (Å²) >= 11 is 12.6. The lowest BCUT2D eigenvalue weighted by Gasteiger charge is -2.09. The van der Waals surface area contributed by atoms with E-state index in [1.54, 1.807) is 6.07 Å². The van der Waals surface area contributed by atoms with Crippen molar-refractivity contribution in [1.29, 1.82) is 0 Å². The van der Waals surface area contributed by atoms with Crippen LogP contribution in [0.15, 0.2) is 16.5 Å². The average molecular weight is 314 g/mol. The number of hydrogen-bond acceptors (Lipinski definition) is 2. The van der Waals surface area contributed by atoms with Gasteiger partial charge in [-0.05, 0) is 24.5 Å². The van der Waals surface area contributed by atoms with E-state index in [9.17, 15) is 0 Å². The minimum atomic E-state index is 0.404. The van der Waals surface area contributed by atoms with Crippen LogP contribution in [0, 0.1) is 5.92 Å². The molecule has 0 spiro atoms. The van der Waals surface area contributed by atoms with Crippen LogP contribution in [-0.2, 0) is 13.0 Å². The fraction of sp³-hybridized carbons (Fsp3) is 0.500. The maximum absolute atomic E-state index is 6.35. The van der Waals surface area contributed by atoms with E-state index in [1.807, 2.05) is 6.07 Å². The molecule has 0 bridgehead atoms. The normalized spacial score (nSPS) is 12.0. The molecule has 2 nitrogen and oxygen atoms in total. The lowest BCUT2D eigenvalue weighted by Crippen LogP contribution is -2.22. The highest BCUT2D eigenvalue weighted by Gasteiger charge is 2.19. The molecule has 0 unspecified atom stereocenters. The van der Waals surface area contributed by atoms with Gasteiger partial charge in [0.05, 0.1) is 16.6 Å². The largest absolute Gasteiger partial charge is 0.458 e. The summed E-state index contributed by atoms with van der Waals surface area (Å²) in [7, 11) is 0. The van der Waals surface area contributed by atoms with Gasteiger partial charge in [-0.2, -0.15) is 0 Å². The number of nitrogens with one attached hydrogen (secondary N) is 1. The Balaban J connectivity index is 2.54. The first kappa shape index (κ1) is 15.7. The molecule has 1 heterocycles. The Morgan fingerprint density at radius 1 is 1.10 bits per heavy atom. The van der Waals surface area contributed by atoms with Crippen molar-refractivity contribution in [2.24, 2.45) is 5.92 Å². The fourth-order valence-corrected chi connectivity index (χ4v) is 2.76. The third-order valence-electron chi connectivity index (χ3n) is 3.21. The molecular weight excluding hydrogens is 293 g/mol. The van der Waals surface area contributed by atoms with Gasteiger partial charge in [0, 0.05) is 17.0 Å². The van der Waals surface area contributed by atoms with E-state index in [4.69, 9.17) is 27.6 Å². The Bertz CT molecular complexity index is 602. The standard InChI is InChI=1S/C16H21Cl2NO/c1-9(2)7-11-14(8-19-10(3)4)20-16-13(18)6-5-12(17)15(11)16/h5-6,9-10,19H,7-8H2,1-4H3. The molecule has 20 heavy (non-hydrogen) atoms. The zero-order valence-electron chi connectivity index (χ0n) is 12.4. The molecule has 0 fully saturated rings. The molecule has 110 valence electrons. The molecule has 1 aromatic heterocycles. The van der Waals surface area contributed by atoms with Crippen LogP contribution in [0.4, 0.5) is 0 Å². The predicted molar refractivity (Wildman–Crippen MR) is 86.8 cm³/mol. The van der Waals surface area contributed by atoms with Crippen molar-refractivity contribution in [3.05, 3.63) is 33.5 Å². The number of furan rings is 1. The monoisotopic (exact) mass is 313 g/mol. The van der Waals surface area contributed by atoms with Gasteiger partial charge in [0.15, 0.2) is 5.58 Å². The molecule has 0 aliphatic heterocycles. The lowest BCUT2D eigenvalue weighted by atomic mass is 9.99. The molecule has 0 saturated heterocycles. The summed E-state index contributed by atoms with van der Waals surface area (Å²) in [6.45, 7) is 9.31. The summed E-state index contributed by atoms with van der Waals surface area (Å²) < 4.78 is 5.98. The van der Waals surface area contributed by atoms with Crippen molar-refractivity contribution >= 4 is 34.2 Å². The molecular formula is C16H21Cl2NO. The number of fused-ring (bicyclic) bond motifs is 1. The zero-order valence-corrected chi connectivity index (χ0v) is 13.9. The van der Waals surface area contributed by atoms with Gasteiger partial charge < -0.3 is 9.73 Å². The third-order valence-corrected chi connectivity index (χ3v) is 3.82.